The summed E-state index contributed by atoms with van der Waals surface area (Å²) in [6, 6.07) is 0. The predicted octanol–water partition coefficient (Wildman–Crippen LogP) is 4.02. The van der Waals surface area contributed by atoms with Gasteiger partial charge in [-0.3, -0.25) is 9.35 Å². The number of carbonyl (C=O) groups is 2. The second kappa shape index (κ2) is 15.6. The standard InChI is InChI=1S/C18H32O8S/c1-2-3-4-5-6-7-8-9-10-11-12-13-14-25-18(21)16(15-17(19)20)26-27(22,23)24/h13-14,16H,2-12,15H2,1H3,(H,19,20)(H,22,23,24). The lowest BCUT2D eigenvalue weighted by Gasteiger charge is -2.10. The van der Waals surface area contributed by atoms with Crippen molar-refractivity contribution < 1.29 is 36.6 Å². The number of unbranched alkanes of at least 4 members (excludes halogenated alkanes) is 10. The van der Waals surface area contributed by atoms with Crippen molar-refractivity contribution in [3.8, 4) is 0 Å². The van der Waals surface area contributed by atoms with Crippen molar-refractivity contribution in [3.05, 3.63) is 12.3 Å². The molecule has 0 heterocycles. The normalized spacial score (nSPS) is 13.0. The minimum atomic E-state index is -4.96. The van der Waals surface area contributed by atoms with Crippen molar-refractivity contribution in [1.82, 2.24) is 0 Å². The summed E-state index contributed by atoms with van der Waals surface area (Å²) in [5, 5.41) is 8.63. The molecule has 0 aromatic carbocycles. The molecule has 0 radical (unpaired) electrons. The fourth-order valence-corrected chi connectivity index (χ4v) is 2.91. The molecule has 8 nitrogen and oxygen atoms in total. The second-order valence-electron chi connectivity index (χ2n) is 6.39. The summed E-state index contributed by atoms with van der Waals surface area (Å²) in [6.45, 7) is 2.21. The van der Waals surface area contributed by atoms with Crippen LogP contribution < -0.4 is 0 Å². The van der Waals surface area contributed by atoms with E-state index in [1.165, 1.54) is 44.9 Å². The molecule has 1 atom stereocenters. The van der Waals surface area contributed by atoms with Gasteiger partial charge in [0, 0.05) is 0 Å². The van der Waals surface area contributed by atoms with Crippen LogP contribution in [0.3, 0.4) is 0 Å². The Kier molecular flexibility index (Phi) is 14.8. The fraction of sp³-hybridized carbons (Fsp3) is 0.778. The Bertz CT molecular complexity index is 542. The number of rotatable bonds is 17. The first-order chi connectivity index (χ1) is 12.8. The number of aliphatic carboxylic acids is 1. The van der Waals surface area contributed by atoms with Gasteiger partial charge in [0.25, 0.3) is 0 Å². The summed E-state index contributed by atoms with van der Waals surface area (Å²) in [7, 11) is -4.96. The minimum Gasteiger partial charge on any atom is -0.481 e. The van der Waals surface area contributed by atoms with E-state index in [1.807, 2.05) is 0 Å². The first kappa shape index (κ1) is 25.6. The van der Waals surface area contributed by atoms with Gasteiger partial charge in [-0.25, -0.2) is 8.98 Å². The highest BCUT2D eigenvalue weighted by Crippen LogP contribution is 2.11. The van der Waals surface area contributed by atoms with E-state index in [2.05, 4.69) is 15.8 Å². The van der Waals surface area contributed by atoms with Crippen molar-refractivity contribution in [1.29, 1.82) is 0 Å². The monoisotopic (exact) mass is 408 g/mol. The summed E-state index contributed by atoms with van der Waals surface area (Å²) in [5.74, 6) is -2.66. The largest absolute Gasteiger partial charge is 0.481 e. The van der Waals surface area contributed by atoms with Crippen LogP contribution in [0.2, 0.25) is 0 Å². The summed E-state index contributed by atoms with van der Waals surface area (Å²) in [5.41, 5.74) is 0. The van der Waals surface area contributed by atoms with Crippen molar-refractivity contribution in [2.45, 2.75) is 90.1 Å². The van der Waals surface area contributed by atoms with Gasteiger partial charge in [-0.2, -0.15) is 8.42 Å². The zero-order valence-corrected chi connectivity index (χ0v) is 16.8. The topological polar surface area (TPSA) is 127 Å². The van der Waals surface area contributed by atoms with Gasteiger partial charge in [-0.15, -0.1) is 0 Å². The number of carboxylic acid groups (broad SMARTS) is 1. The second-order valence-corrected chi connectivity index (χ2v) is 7.44. The van der Waals surface area contributed by atoms with Crippen LogP contribution in [0.1, 0.15) is 84.0 Å². The molecule has 0 aliphatic carbocycles. The van der Waals surface area contributed by atoms with Crippen LogP contribution in [-0.4, -0.2) is 36.1 Å². The Morgan fingerprint density at radius 1 is 0.963 bits per heavy atom. The molecule has 0 saturated heterocycles. The van der Waals surface area contributed by atoms with E-state index in [-0.39, 0.29) is 0 Å². The summed E-state index contributed by atoms with van der Waals surface area (Å²) in [6.07, 6.45) is 12.6. The molecule has 0 aromatic heterocycles. The van der Waals surface area contributed by atoms with Crippen LogP contribution in [0.5, 0.6) is 0 Å². The van der Waals surface area contributed by atoms with Gasteiger partial charge < -0.3 is 9.84 Å². The summed E-state index contributed by atoms with van der Waals surface area (Å²) in [4.78, 5) is 22.2. The number of carbonyl (C=O) groups excluding carboxylic acids is 1. The zero-order chi connectivity index (χ0) is 20.5. The average Bonchev–Trinajstić information content (AvgIpc) is 2.56. The van der Waals surface area contributed by atoms with Gasteiger partial charge in [0.15, 0.2) is 6.10 Å². The molecule has 0 aromatic rings. The Hall–Kier alpha value is -1.45. The van der Waals surface area contributed by atoms with Crippen LogP contribution >= 0.6 is 0 Å². The molecule has 0 aliphatic heterocycles. The number of allylic oxidation sites excluding steroid dienone is 1. The molecule has 9 heteroatoms. The van der Waals surface area contributed by atoms with Gasteiger partial charge in [0.2, 0.25) is 0 Å². The van der Waals surface area contributed by atoms with Crippen molar-refractivity contribution in [2.75, 3.05) is 0 Å². The van der Waals surface area contributed by atoms with E-state index in [0.29, 0.717) is 6.42 Å². The first-order valence-corrected chi connectivity index (χ1v) is 10.9. The lowest BCUT2D eigenvalue weighted by atomic mass is 10.1. The molecule has 0 saturated carbocycles. The third-order valence-electron chi connectivity index (χ3n) is 3.87. The maximum absolute atomic E-state index is 11.6. The predicted molar refractivity (Wildman–Crippen MR) is 100 cm³/mol. The summed E-state index contributed by atoms with van der Waals surface area (Å²) >= 11 is 0. The lowest BCUT2D eigenvalue weighted by Crippen LogP contribution is -2.30. The van der Waals surface area contributed by atoms with Crippen LogP contribution in [0.4, 0.5) is 0 Å². The smallest absolute Gasteiger partial charge is 0.398 e. The minimum absolute atomic E-state index is 0.687. The van der Waals surface area contributed by atoms with E-state index in [9.17, 15) is 18.0 Å². The molecule has 0 amide bonds. The van der Waals surface area contributed by atoms with Crippen LogP contribution in [0.15, 0.2) is 12.3 Å². The quantitative estimate of drug-likeness (QED) is 0.160. The van der Waals surface area contributed by atoms with Gasteiger partial charge in [-0.1, -0.05) is 64.7 Å². The maximum atomic E-state index is 11.6. The number of esters is 1. The molecule has 0 spiro atoms. The van der Waals surface area contributed by atoms with Gasteiger partial charge in [0.05, 0.1) is 12.7 Å². The first-order valence-electron chi connectivity index (χ1n) is 9.49. The van der Waals surface area contributed by atoms with Gasteiger partial charge in [0.1, 0.15) is 0 Å². The third-order valence-corrected chi connectivity index (χ3v) is 4.34. The number of hydrogen-bond donors (Lipinski definition) is 2. The van der Waals surface area contributed by atoms with Gasteiger partial charge >= 0.3 is 22.3 Å². The van der Waals surface area contributed by atoms with Gasteiger partial charge in [-0.05, 0) is 18.9 Å². The molecule has 2 N–H and O–H groups in total. The number of hydrogen-bond acceptors (Lipinski definition) is 6. The average molecular weight is 409 g/mol. The van der Waals surface area contributed by atoms with Crippen LogP contribution in [0, 0.1) is 0 Å². The maximum Gasteiger partial charge on any atom is 0.398 e. The molecule has 0 fully saturated rings. The third kappa shape index (κ3) is 17.7. The van der Waals surface area contributed by atoms with Crippen molar-refractivity contribution >= 4 is 22.3 Å². The van der Waals surface area contributed by atoms with Crippen molar-refractivity contribution in [3.63, 3.8) is 0 Å². The number of carboxylic acids is 1. The highest BCUT2D eigenvalue weighted by molar-refractivity contribution is 7.80. The highest BCUT2D eigenvalue weighted by atomic mass is 32.3. The zero-order valence-electron chi connectivity index (χ0n) is 16.0. The van der Waals surface area contributed by atoms with E-state index >= 15 is 0 Å². The fourth-order valence-electron chi connectivity index (χ4n) is 2.47. The number of ether oxygens (including phenoxy) is 1. The van der Waals surface area contributed by atoms with E-state index in [1.54, 1.807) is 6.08 Å². The molecule has 1 unspecified atom stereocenters. The molecule has 0 bridgehead atoms. The Morgan fingerprint density at radius 3 is 1.96 bits per heavy atom. The Labute approximate surface area is 161 Å². The SMILES string of the molecule is CCCCCCCCCCCCC=COC(=O)C(CC(=O)O)OS(=O)(=O)O. The van der Waals surface area contributed by atoms with E-state index < -0.39 is 34.9 Å². The lowest BCUT2D eigenvalue weighted by molar-refractivity contribution is -0.152. The molecule has 158 valence electrons. The molecular weight excluding hydrogens is 376 g/mol. The Morgan fingerprint density at radius 2 is 1.48 bits per heavy atom. The highest BCUT2D eigenvalue weighted by Gasteiger charge is 2.28. The van der Waals surface area contributed by atoms with E-state index in [0.717, 1.165) is 25.5 Å². The molecule has 0 rings (SSSR count). The van der Waals surface area contributed by atoms with Crippen molar-refractivity contribution in [2.24, 2.45) is 0 Å². The van der Waals surface area contributed by atoms with Crippen LogP contribution in [0.25, 0.3) is 0 Å². The molecular formula is C18H32O8S. The van der Waals surface area contributed by atoms with Crippen LogP contribution in [-0.2, 0) is 28.9 Å². The Balaban J connectivity index is 3.84. The molecule has 27 heavy (non-hydrogen) atoms. The van der Waals surface area contributed by atoms with E-state index in [4.69, 9.17) is 9.66 Å². The summed E-state index contributed by atoms with van der Waals surface area (Å²) < 4.78 is 38.5. The molecule has 0 aliphatic rings.